The van der Waals surface area contributed by atoms with E-state index in [1.807, 2.05) is 33.0 Å². The molecule has 0 aliphatic heterocycles. The van der Waals surface area contributed by atoms with E-state index in [1.54, 1.807) is 0 Å². The molecule has 0 unspecified atom stereocenters. The van der Waals surface area contributed by atoms with Crippen LogP contribution < -0.4 is 5.73 Å². The summed E-state index contributed by atoms with van der Waals surface area (Å²) in [7, 11) is 2.01. The highest BCUT2D eigenvalue weighted by Gasteiger charge is 2.15. The highest BCUT2D eigenvalue weighted by Crippen LogP contribution is 2.09. The van der Waals surface area contributed by atoms with Gasteiger partial charge in [-0.15, -0.1) is 0 Å². The zero-order chi connectivity index (χ0) is 12.2. The number of rotatable bonds is 5. The maximum absolute atomic E-state index is 9.69. The molecule has 0 fully saturated rings. The van der Waals surface area contributed by atoms with Crippen molar-refractivity contribution in [2.75, 3.05) is 13.6 Å². The Morgan fingerprint density at radius 3 is 2.12 bits per heavy atom. The average molecular weight is 222 g/mol. The standard InChI is InChI=1S/C13H22N2O/c1-13(2,16)10-15(3)9-12-6-4-11(8-14)5-7-12/h4-7,16H,8-10,14H2,1-3H3. The molecule has 0 atom stereocenters. The quantitative estimate of drug-likeness (QED) is 0.790. The van der Waals surface area contributed by atoms with Crippen LogP contribution in [0.25, 0.3) is 0 Å². The zero-order valence-corrected chi connectivity index (χ0v) is 10.4. The minimum atomic E-state index is -0.647. The van der Waals surface area contributed by atoms with Crippen molar-refractivity contribution in [3.8, 4) is 0 Å². The number of nitrogens with two attached hydrogens (primary N) is 1. The molecule has 1 rings (SSSR count). The van der Waals surface area contributed by atoms with Gasteiger partial charge >= 0.3 is 0 Å². The maximum atomic E-state index is 9.69. The molecule has 0 saturated carbocycles. The lowest BCUT2D eigenvalue weighted by Gasteiger charge is -2.25. The average Bonchev–Trinajstić information content (AvgIpc) is 2.16. The van der Waals surface area contributed by atoms with Gasteiger partial charge in [0.1, 0.15) is 0 Å². The number of hydrogen-bond acceptors (Lipinski definition) is 3. The summed E-state index contributed by atoms with van der Waals surface area (Å²) in [6, 6.07) is 8.27. The van der Waals surface area contributed by atoms with Crippen molar-refractivity contribution in [3.63, 3.8) is 0 Å². The largest absolute Gasteiger partial charge is 0.389 e. The van der Waals surface area contributed by atoms with Gasteiger partial charge in [0.05, 0.1) is 5.60 Å². The fourth-order valence-corrected chi connectivity index (χ4v) is 1.81. The highest BCUT2D eigenvalue weighted by molar-refractivity contribution is 5.22. The second-order valence-electron chi connectivity index (χ2n) is 5.01. The molecular formula is C13H22N2O. The molecule has 1 aromatic carbocycles. The van der Waals surface area contributed by atoms with Crippen molar-refractivity contribution in [2.45, 2.75) is 32.5 Å². The Hall–Kier alpha value is -0.900. The van der Waals surface area contributed by atoms with Crippen LogP contribution in [0.2, 0.25) is 0 Å². The van der Waals surface area contributed by atoms with Crippen LogP contribution in [-0.2, 0) is 13.1 Å². The first-order chi connectivity index (χ1) is 7.40. The number of benzene rings is 1. The third kappa shape index (κ3) is 4.75. The Morgan fingerprint density at radius 1 is 1.19 bits per heavy atom. The van der Waals surface area contributed by atoms with E-state index >= 15 is 0 Å². The van der Waals surface area contributed by atoms with Crippen molar-refractivity contribution in [3.05, 3.63) is 35.4 Å². The summed E-state index contributed by atoms with van der Waals surface area (Å²) in [4.78, 5) is 2.11. The van der Waals surface area contributed by atoms with Gasteiger partial charge in [-0.3, -0.25) is 4.90 Å². The van der Waals surface area contributed by atoms with Crippen LogP contribution in [0, 0.1) is 0 Å². The van der Waals surface area contributed by atoms with Gasteiger partial charge in [-0.1, -0.05) is 24.3 Å². The SMILES string of the molecule is CN(Cc1ccc(CN)cc1)CC(C)(C)O. The Kier molecular flexibility index (Phi) is 4.47. The summed E-state index contributed by atoms with van der Waals surface area (Å²) in [5.74, 6) is 0. The minimum Gasteiger partial charge on any atom is -0.389 e. The molecule has 0 aliphatic carbocycles. The monoisotopic (exact) mass is 222 g/mol. The van der Waals surface area contributed by atoms with Gasteiger partial charge in [-0.2, -0.15) is 0 Å². The molecule has 3 N–H and O–H groups in total. The molecule has 1 aromatic rings. The van der Waals surface area contributed by atoms with Crippen molar-refractivity contribution in [1.82, 2.24) is 4.90 Å². The van der Waals surface area contributed by atoms with Crippen LogP contribution >= 0.6 is 0 Å². The van der Waals surface area contributed by atoms with Crippen LogP contribution in [0.5, 0.6) is 0 Å². The number of hydrogen-bond donors (Lipinski definition) is 2. The maximum Gasteiger partial charge on any atom is 0.0718 e. The number of nitrogens with zero attached hydrogens (tertiary/aromatic N) is 1. The number of likely N-dealkylation sites (N-methyl/N-ethyl adjacent to an activating group) is 1. The van der Waals surface area contributed by atoms with E-state index in [1.165, 1.54) is 5.56 Å². The fourth-order valence-electron chi connectivity index (χ4n) is 1.81. The topological polar surface area (TPSA) is 49.5 Å². The molecule has 3 nitrogen and oxygen atoms in total. The molecule has 0 heterocycles. The molecular weight excluding hydrogens is 200 g/mol. The predicted molar refractivity (Wildman–Crippen MR) is 67.0 cm³/mol. The van der Waals surface area contributed by atoms with Crippen LogP contribution in [0.1, 0.15) is 25.0 Å². The molecule has 0 aromatic heterocycles. The molecule has 0 bridgehead atoms. The molecule has 16 heavy (non-hydrogen) atoms. The summed E-state index contributed by atoms with van der Waals surface area (Å²) < 4.78 is 0. The second-order valence-corrected chi connectivity index (χ2v) is 5.01. The summed E-state index contributed by atoms with van der Waals surface area (Å²) in [5, 5.41) is 9.69. The van der Waals surface area contributed by atoms with Crippen molar-refractivity contribution in [2.24, 2.45) is 5.73 Å². The van der Waals surface area contributed by atoms with Gasteiger partial charge in [0, 0.05) is 19.6 Å². The molecule has 0 spiro atoms. The van der Waals surface area contributed by atoms with E-state index in [0.29, 0.717) is 13.1 Å². The molecule has 0 aliphatic rings. The first-order valence-corrected chi connectivity index (χ1v) is 5.59. The zero-order valence-electron chi connectivity index (χ0n) is 10.4. The van der Waals surface area contributed by atoms with Crippen LogP contribution in [0.3, 0.4) is 0 Å². The summed E-state index contributed by atoms with van der Waals surface area (Å²) in [6.07, 6.45) is 0. The van der Waals surface area contributed by atoms with Crippen LogP contribution in [0.15, 0.2) is 24.3 Å². The third-order valence-electron chi connectivity index (χ3n) is 2.37. The van der Waals surface area contributed by atoms with Gasteiger partial charge < -0.3 is 10.8 Å². The summed E-state index contributed by atoms with van der Waals surface area (Å²) in [5.41, 5.74) is 7.28. The number of aliphatic hydroxyl groups is 1. The second kappa shape index (κ2) is 5.43. The molecule has 3 heteroatoms. The highest BCUT2D eigenvalue weighted by atomic mass is 16.3. The fraction of sp³-hybridized carbons (Fsp3) is 0.538. The van der Waals surface area contributed by atoms with E-state index < -0.39 is 5.60 Å². The van der Waals surface area contributed by atoms with E-state index in [2.05, 4.69) is 17.0 Å². The lowest BCUT2D eigenvalue weighted by Crippen LogP contribution is -2.35. The van der Waals surface area contributed by atoms with Gasteiger partial charge in [-0.05, 0) is 32.0 Å². The Morgan fingerprint density at radius 2 is 1.69 bits per heavy atom. The Balaban J connectivity index is 2.53. The van der Waals surface area contributed by atoms with Gasteiger partial charge in [-0.25, -0.2) is 0 Å². The normalized spacial score (nSPS) is 12.1. The minimum absolute atomic E-state index is 0.583. The van der Waals surface area contributed by atoms with E-state index in [0.717, 1.165) is 12.1 Å². The van der Waals surface area contributed by atoms with Gasteiger partial charge in [0.2, 0.25) is 0 Å². The summed E-state index contributed by atoms with van der Waals surface area (Å²) >= 11 is 0. The van der Waals surface area contributed by atoms with Crippen molar-refractivity contribution in [1.29, 1.82) is 0 Å². The Bertz CT molecular complexity index is 314. The van der Waals surface area contributed by atoms with Crippen molar-refractivity contribution < 1.29 is 5.11 Å². The molecule has 0 radical (unpaired) electrons. The predicted octanol–water partition coefficient (Wildman–Crippen LogP) is 1.35. The van der Waals surface area contributed by atoms with Gasteiger partial charge in [0.25, 0.3) is 0 Å². The van der Waals surface area contributed by atoms with E-state index in [9.17, 15) is 5.11 Å². The third-order valence-corrected chi connectivity index (χ3v) is 2.37. The summed E-state index contributed by atoms with van der Waals surface area (Å²) in [6.45, 7) is 5.72. The van der Waals surface area contributed by atoms with Crippen LogP contribution in [0.4, 0.5) is 0 Å². The molecule has 90 valence electrons. The lowest BCUT2D eigenvalue weighted by molar-refractivity contribution is 0.0425. The van der Waals surface area contributed by atoms with E-state index in [-0.39, 0.29) is 0 Å². The molecule has 0 saturated heterocycles. The van der Waals surface area contributed by atoms with E-state index in [4.69, 9.17) is 5.73 Å². The van der Waals surface area contributed by atoms with Crippen molar-refractivity contribution >= 4 is 0 Å². The Labute approximate surface area is 97.9 Å². The molecule has 0 amide bonds. The smallest absolute Gasteiger partial charge is 0.0718 e. The lowest BCUT2D eigenvalue weighted by atomic mass is 10.1. The van der Waals surface area contributed by atoms with Gasteiger partial charge in [0.15, 0.2) is 0 Å². The first kappa shape index (κ1) is 13.2. The van der Waals surface area contributed by atoms with Crippen LogP contribution in [-0.4, -0.2) is 29.2 Å². The first-order valence-electron chi connectivity index (χ1n) is 5.59.